The quantitative estimate of drug-likeness (QED) is 0.179. The van der Waals surface area contributed by atoms with Crippen LogP contribution in [0.4, 0.5) is 0 Å². The summed E-state index contributed by atoms with van der Waals surface area (Å²) in [5, 5.41) is 7.07. The van der Waals surface area contributed by atoms with Crippen molar-refractivity contribution in [1.82, 2.24) is 24.1 Å². The van der Waals surface area contributed by atoms with Crippen LogP contribution in [-0.2, 0) is 0 Å². The second-order valence-corrected chi connectivity index (χ2v) is 13.3. The number of nitrogens with zero attached hydrogens (tertiary/aromatic N) is 5. The Hall–Kier alpha value is -6.11. The molecule has 5 heterocycles. The number of thiophene rings is 1. The summed E-state index contributed by atoms with van der Waals surface area (Å²) >= 11 is 1.80. The van der Waals surface area contributed by atoms with E-state index >= 15 is 0 Å². The maximum absolute atomic E-state index is 5.56. The van der Waals surface area contributed by atoms with Crippen molar-refractivity contribution in [3.63, 3.8) is 0 Å². The van der Waals surface area contributed by atoms with Crippen LogP contribution in [0.2, 0.25) is 0 Å². The fourth-order valence-electron chi connectivity index (χ4n) is 7.67. The number of allylic oxidation sites excluding steroid dienone is 4. The van der Waals surface area contributed by atoms with Crippen molar-refractivity contribution in [1.29, 1.82) is 0 Å². The highest BCUT2D eigenvalue weighted by atomic mass is 32.1. The van der Waals surface area contributed by atoms with Gasteiger partial charge in [0.05, 0.1) is 37.0 Å². The normalized spacial score (nSPS) is 12.7. The Morgan fingerprint density at radius 1 is 0.633 bits per heavy atom. The van der Waals surface area contributed by atoms with Gasteiger partial charge in [-0.3, -0.25) is 9.55 Å². The van der Waals surface area contributed by atoms with Gasteiger partial charge in [0, 0.05) is 39.0 Å². The molecule has 232 valence electrons. The SMILES string of the molecule is C/C=C\C(=C/C)n1c2ccccc2c2nc(-n3c4ccccc4c4c5ccccc5c5c6ncccc6sc5c43)nc(-c3ccccc3)c21. The zero-order valence-corrected chi connectivity index (χ0v) is 27.7. The van der Waals surface area contributed by atoms with E-state index in [4.69, 9.17) is 15.0 Å². The highest BCUT2D eigenvalue weighted by molar-refractivity contribution is 7.26. The minimum absolute atomic E-state index is 0.649. The van der Waals surface area contributed by atoms with Gasteiger partial charge < -0.3 is 4.57 Å². The molecule has 10 rings (SSSR count). The molecular formula is C43H29N5S. The summed E-state index contributed by atoms with van der Waals surface area (Å²) in [5.74, 6) is 0.649. The predicted octanol–water partition coefficient (Wildman–Crippen LogP) is 11.7. The summed E-state index contributed by atoms with van der Waals surface area (Å²) in [5.41, 5.74) is 9.23. The topological polar surface area (TPSA) is 48.5 Å². The van der Waals surface area contributed by atoms with E-state index in [9.17, 15) is 0 Å². The first-order chi connectivity index (χ1) is 24.3. The molecule has 5 nitrogen and oxygen atoms in total. The minimum Gasteiger partial charge on any atom is -0.306 e. The summed E-state index contributed by atoms with van der Waals surface area (Å²) in [6.45, 7) is 4.14. The van der Waals surface area contributed by atoms with Crippen LogP contribution in [-0.4, -0.2) is 24.1 Å². The molecule has 6 heteroatoms. The molecule has 0 aliphatic heterocycles. The maximum Gasteiger partial charge on any atom is 0.235 e. The van der Waals surface area contributed by atoms with E-state index in [-0.39, 0.29) is 0 Å². The molecule has 49 heavy (non-hydrogen) atoms. The second kappa shape index (κ2) is 10.7. The number of benzene rings is 5. The molecule has 0 unspecified atom stereocenters. The average molecular weight is 648 g/mol. The highest BCUT2D eigenvalue weighted by Gasteiger charge is 2.26. The van der Waals surface area contributed by atoms with Crippen LogP contribution in [0, 0.1) is 0 Å². The van der Waals surface area contributed by atoms with Crippen LogP contribution in [0.5, 0.6) is 0 Å². The first-order valence-corrected chi connectivity index (χ1v) is 17.4. The van der Waals surface area contributed by atoms with Crippen molar-refractivity contribution in [2.45, 2.75) is 13.8 Å². The summed E-state index contributed by atoms with van der Waals surface area (Å²) in [6.07, 6.45) is 8.29. The molecule has 0 aliphatic rings. The molecule has 0 bridgehead atoms. The third-order valence-corrected chi connectivity index (χ3v) is 10.8. The molecule has 0 radical (unpaired) electrons. The summed E-state index contributed by atoms with van der Waals surface area (Å²) < 4.78 is 6.97. The molecule has 0 saturated carbocycles. The van der Waals surface area contributed by atoms with Gasteiger partial charge in [-0.2, -0.15) is 0 Å². The van der Waals surface area contributed by atoms with Crippen molar-refractivity contribution < 1.29 is 0 Å². The number of fused-ring (bicyclic) bond motifs is 13. The molecule has 5 aromatic heterocycles. The Morgan fingerprint density at radius 3 is 2.10 bits per heavy atom. The Balaban J connectivity index is 1.45. The summed E-state index contributed by atoms with van der Waals surface area (Å²) in [7, 11) is 0. The van der Waals surface area contributed by atoms with E-state index in [0.29, 0.717) is 5.95 Å². The maximum atomic E-state index is 5.56. The van der Waals surface area contributed by atoms with Crippen LogP contribution < -0.4 is 0 Å². The summed E-state index contributed by atoms with van der Waals surface area (Å²) in [6, 6.07) is 40.7. The average Bonchev–Trinajstić information content (AvgIpc) is 3.82. The molecular weight excluding hydrogens is 619 g/mol. The molecule has 0 atom stereocenters. The van der Waals surface area contributed by atoms with Crippen molar-refractivity contribution in [3.05, 3.63) is 140 Å². The van der Waals surface area contributed by atoms with E-state index in [1.807, 2.05) is 12.3 Å². The first kappa shape index (κ1) is 28.0. The van der Waals surface area contributed by atoms with Crippen molar-refractivity contribution in [2.24, 2.45) is 0 Å². The number of hydrogen-bond acceptors (Lipinski definition) is 4. The van der Waals surface area contributed by atoms with Gasteiger partial charge in [-0.05, 0) is 55.0 Å². The Kier molecular flexibility index (Phi) is 6.11. The lowest BCUT2D eigenvalue weighted by atomic mass is 10.0. The highest BCUT2D eigenvalue weighted by Crippen LogP contribution is 2.47. The van der Waals surface area contributed by atoms with Gasteiger partial charge >= 0.3 is 0 Å². The Bertz CT molecular complexity index is 3010. The zero-order valence-electron chi connectivity index (χ0n) is 26.9. The summed E-state index contributed by atoms with van der Waals surface area (Å²) in [4.78, 5) is 16.0. The van der Waals surface area contributed by atoms with Gasteiger partial charge in [-0.25, -0.2) is 9.97 Å². The third kappa shape index (κ3) is 3.89. The van der Waals surface area contributed by atoms with Crippen molar-refractivity contribution in [3.8, 4) is 17.2 Å². The van der Waals surface area contributed by atoms with Gasteiger partial charge in [0.15, 0.2) is 0 Å². The number of para-hydroxylation sites is 2. The van der Waals surface area contributed by atoms with E-state index in [2.05, 4.69) is 150 Å². The largest absolute Gasteiger partial charge is 0.306 e. The zero-order chi connectivity index (χ0) is 32.6. The molecule has 0 saturated heterocycles. The number of aromatic nitrogens is 5. The first-order valence-electron chi connectivity index (χ1n) is 16.5. The smallest absolute Gasteiger partial charge is 0.235 e. The minimum atomic E-state index is 0.649. The third-order valence-electron chi connectivity index (χ3n) is 9.64. The van der Waals surface area contributed by atoms with Crippen LogP contribution in [0.25, 0.3) is 97.7 Å². The molecule has 0 N–H and O–H groups in total. The number of hydrogen-bond donors (Lipinski definition) is 0. The van der Waals surface area contributed by atoms with Crippen molar-refractivity contribution in [2.75, 3.05) is 0 Å². The van der Waals surface area contributed by atoms with E-state index < -0.39 is 0 Å². The van der Waals surface area contributed by atoms with Gasteiger partial charge in [0.25, 0.3) is 0 Å². The van der Waals surface area contributed by atoms with Gasteiger partial charge in [0.2, 0.25) is 5.95 Å². The van der Waals surface area contributed by atoms with Crippen molar-refractivity contribution >= 4 is 91.9 Å². The number of pyridine rings is 1. The fourth-order valence-corrected chi connectivity index (χ4v) is 8.88. The van der Waals surface area contributed by atoms with Crippen LogP contribution >= 0.6 is 11.3 Å². The van der Waals surface area contributed by atoms with Crippen LogP contribution in [0.1, 0.15) is 13.8 Å². The van der Waals surface area contributed by atoms with Gasteiger partial charge in [0.1, 0.15) is 11.2 Å². The van der Waals surface area contributed by atoms with Gasteiger partial charge in [-0.15, -0.1) is 11.3 Å². The predicted molar refractivity (Wildman–Crippen MR) is 208 cm³/mol. The molecule has 0 aliphatic carbocycles. The van der Waals surface area contributed by atoms with E-state index in [1.54, 1.807) is 11.3 Å². The molecule has 5 aromatic carbocycles. The lowest BCUT2D eigenvalue weighted by Crippen LogP contribution is -2.05. The lowest BCUT2D eigenvalue weighted by molar-refractivity contribution is 1.01. The van der Waals surface area contributed by atoms with E-state index in [1.165, 1.54) is 36.3 Å². The molecule has 0 amide bonds. The van der Waals surface area contributed by atoms with Gasteiger partial charge in [-0.1, -0.05) is 103 Å². The van der Waals surface area contributed by atoms with Crippen LogP contribution in [0.15, 0.2) is 140 Å². The fraction of sp³-hybridized carbons (Fsp3) is 0.0465. The standard InChI is InChI=1S/C43H29N5S/c1-3-15-27(4-2)47-33-23-13-11-21-31(33)38-41(47)37(26-16-6-5-7-17-26)45-43(46-38)48-32-22-12-10-20-30(32)35-28-18-8-9-19-29(28)36-39-34(24-14-25-44-39)49-42(36)40(35)48/h3-25H,1-2H3/b15-3-,27-4+. The van der Waals surface area contributed by atoms with Crippen LogP contribution in [0.3, 0.4) is 0 Å². The Labute approximate surface area is 285 Å². The number of rotatable bonds is 4. The molecule has 0 spiro atoms. The molecule has 0 fully saturated rings. The molecule has 10 aromatic rings. The Morgan fingerprint density at radius 2 is 1.33 bits per heavy atom. The van der Waals surface area contributed by atoms with E-state index in [0.717, 1.165) is 55.4 Å². The lowest BCUT2D eigenvalue weighted by Gasteiger charge is -2.14. The monoisotopic (exact) mass is 647 g/mol. The second-order valence-electron chi connectivity index (χ2n) is 12.3.